The monoisotopic (exact) mass is 301 g/mol. The smallest absolute Gasteiger partial charge is 0.273 e. The molecule has 1 fully saturated rings. The van der Waals surface area contributed by atoms with Crippen molar-refractivity contribution in [3.8, 4) is 5.75 Å². The summed E-state index contributed by atoms with van der Waals surface area (Å²) in [5.74, 6) is -0.0160. The van der Waals surface area contributed by atoms with Gasteiger partial charge in [-0.3, -0.25) is 10.1 Å². The molecule has 2 rings (SSSR count). The Morgan fingerprint density at radius 2 is 2.00 bits per heavy atom. The first-order chi connectivity index (χ1) is 9.46. The van der Waals surface area contributed by atoms with Crippen LogP contribution in [0.3, 0.4) is 0 Å². The number of nitro benzene ring substituents is 1. The van der Waals surface area contributed by atoms with Gasteiger partial charge < -0.3 is 10.1 Å². The molecule has 0 amide bonds. The molecule has 1 aliphatic rings. The lowest BCUT2D eigenvalue weighted by molar-refractivity contribution is -0.385. The van der Waals surface area contributed by atoms with Gasteiger partial charge in [-0.25, -0.2) is 8.42 Å². The van der Waals surface area contributed by atoms with Crippen molar-refractivity contribution >= 4 is 15.7 Å². The number of hydrogen-bond donors (Lipinski definition) is 1. The summed E-state index contributed by atoms with van der Waals surface area (Å²) in [5, 5.41) is 13.8. The SMILES string of the molecule is COc1cc([N+](=O)[O-])ccc1S(=O)(=O)N1CCNCC1. The van der Waals surface area contributed by atoms with Crippen LogP contribution in [0.1, 0.15) is 0 Å². The van der Waals surface area contributed by atoms with Crippen LogP contribution in [-0.4, -0.2) is 50.9 Å². The van der Waals surface area contributed by atoms with Gasteiger partial charge in [0.25, 0.3) is 5.69 Å². The van der Waals surface area contributed by atoms with Crippen LogP contribution in [-0.2, 0) is 10.0 Å². The zero-order valence-corrected chi connectivity index (χ0v) is 11.7. The van der Waals surface area contributed by atoms with Gasteiger partial charge in [-0.1, -0.05) is 0 Å². The number of sulfonamides is 1. The van der Waals surface area contributed by atoms with Crippen LogP contribution in [0.4, 0.5) is 5.69 Å². The summed E-state index contributed by atoms with van der Waals surface area (Å²) in [6.45, 7) is 1.88. The van der Waals surface area contributed by atoms with Crippen molar-refractivity contribution in [2.45, 2.75) is 4.90 Å². The second kappa shape index (κ2) is 5.73. The number of ether oxygens (including phenoxy) is 1. The topological polar surface area (TPSA) is 102 Å². The van der Waals surface area contributed by atoms with E-state index in [1.54, 1.807) is 0 Å². The van der Waals surface area contributed by atoms with Crippen LogP contribution in [0.2, 0.25) is 0 Å². The molecule has 110 valence electrons. The van der Waals surface area contributed by atoms with Gasteiger partial charge in [0.05, 0.1) is 18.1 Å². The molecule has 0 radical (unpaired) electrons. The van der Waals surface area contributed by atoms with E-state index in [0.29, 0.717) is 26.2 Å². The van der Waals surface area contributed by atoms with E-state index in [9.17, 15) is 18.5 Å². The number of rotatable bonds is 4. The average molecular weight is 301 g/mol. The molecule has 0 atom stereocenters. The van der Waals surface area contributed by atoms with Crippen molar-refractivity contribution in [3.05, 3.63) is 28.3 Å². The van der Waals surface area contributed by atoms with E-state index in [-0.39, 0.29) is 16.3 Å². The highest BCUT2D eigenvalue weighted by molar-refractivity contribution is 7.89. The Kier molecular flexibility index (Phi) is 4.21. The summed E-state index contributed by atoms with van der Waals surface area (Å²) in [6, 6.07) is 3.50. The number of piperazine rings is 1. The van der Waals surface area contributed by atoms with Gasteiger partial charge in [0.1, 0.15) is 10.6 Å². The molecule has 20 heavy (non-hydrogen) atoms. The first kappa shape index (κ1) is 14.7. The highest BCUT2D eigenvalue weighted by Crippen LogP contribution is 2.30. The summed E-state index contributed by atoms with van der Waals surface area (Å²) in [7, 11) is -2.41. The first-order valence-corrected chi connectivity index (χ1v) is 7.44. The van der Waals surface area contributed by atoms with E-state index in [2.05, 4.69) is 5.32 Å². The predicted octanol–water partition coefficient (Wildman–Crippen LogP) is 0.197. The maximum atomic E-state index is 12.5. The largest absolute Gasteiger partial charge is 0.495 e. The van der Waals surface area contributed by atoms with E-state index in [1.807, 2.05) is 0 Å². The summed E-state index contributed by atoms with van der Waals surface area (Å²) in [4.78, 5) is 10.1. The fraction of sp³-hybridized carbons (Fsp3) is 0.455. The molecule has 1 aromatic carbocycles. The number of non-ortho nitro benzene ring substituents is 1. The molecule has 8 nitrogen and oxygen atoms in total. The third kappa shape index (κ3) is 2.74. The van der Waals surface area contributed by atoms with Gasteiger partial charge in [0.2, 0.25) is 10.0 Å². The van der Waals surface area contributed by atoms with E-state index in [0.717, 1.165) is 12.1 Å². The maximum absolute atomic E-state index is 12.5. The minimum atomic E-state index is -3.70. The van der Waals surface area contributed by atoms with Crippen molar-refractivity contribution in [1.29, 1.82) is 0 Å². The Labute approximate surface area is 116 Å². The Bertz CT molecular complexity index is 610. The second-order valence-corrected chi connectivity index (χ2v) is 6.15. The number of methoxy groups -OCH3 is 1. The predicted molar refractivity (Wildman–Crippen MR) is 71.3 cm³/mol. The van der Waals surface area contributed by atoms with Gasteiger partial charge in [-0.2, -0.15) is 4.31 Å². The second-order valence-electron chi connectivity index (χ2n) is 4.25. The molecule has 9 heteroatoms. The zero-order chi connectivity index (χ0) is 14.8. The molecule has 1 N–H and O–H groups in total. The van der Waals surface area contributed by atoms with Crippen molar-refractivity contribution in [2.75, 3.05) is 33.3 Å². The van der Waals surface area contributed by atoms with E-state index in [1.165, 1.54) is 17.5 Å². The Balaban J connectivity index is 2.42. The Morgan fingerprint density at radius 3 is 2.55 bits per heavy atom. The molecule has 0 bridgehead atoms. The number of nitrogens with zero attached hydrogens (tertiary/aromatic N) is 2. The Hall–Kier alpha value is -1.71. The standard InChI is InChI=1S/C11H15N3O5S/c1-19-10-8-9(14(15)16)2-3-11(10)20(17,18)13-6-4-12-5-7-13/h2-3,8,12H,4-7H2,1H3. The van der Waals surface area contributed by atoms with Gasteiger partial charge >= 0.3 is 0 Å². The lowest BCUT2D eigenvalue weighted by atomic mass is 10.3. The lowest BCUT2D eigenvalue weighted by Gasteiger charge is -2.27. The van der Waals surface area contributed by atoms with Crippen molar-refractivity contribution < 1.29 is 18.1 Å². The quantitative estimate of drug-likeness (QED) is 0.629. The highest BCUT2D eigenvalue weighted by Gasteiger charge is 2.29. The number of hydrogen-bond acceptors (Lipinski definition) is 6. The van der Waals surface area contributed by atoms with Crippen LogP contribution in [0.5, 0.6) is 5.75 Å². The van der Waals surface area contributed by atoms with Crippen LogP contribution in [0, 0.1) is 10.1 Å². The lowest BCUT2D eigenvalue weighted by Crippen LogP contribution is -2.46. The van der Waals surface area contributed by atoms with Crippen molar-refractivity contribution in [2.24, 2.45) is 0 Å². The summed E-state index contributed by atoms with van der Waals surface area (Å²) in [5.41, 5.74) is -0.207. The number of benzene rings is 1. The fourth-order valence-electron chi connectivity index (χ4n) is 2.01. The summed E-state index contributed by atoms with van der Waals surface area (Å²) < 4.78 is 31.3. The van der Waals surface area contributed by atoms with Gasteiger partial charge in [0, 0.05) is 32.2 Å². The van der Waals surface area contributed by atoms with Crippen molar-refractivity contribution in [1.82, 2.24) is 9.62 Å². The molecular weight excluding hydrogens is 286 g/mol. The van der Waals surface area contributed by atoms with Gasteiger partial charge in [0.15, 0.2) is 0 Å². The minimum Gasteiger partial charge on any atom is -0.495 e. The van der Waals surface area contributed by atoms with Crippen molar-refractivity contribution in [3.63, 3.8) is 0 Å². The average Bonchev–Trinajstić information content (AvgIpc) is 2.47. The van der Waals surface area contributed by atoms with Crippen LogP contribution in [0.15, 0.2) is 23.1 Å². The molecule has 0 unspecified atom stereocenters. The Morgan fingerprint density at radius 1 is 1.35 bits per heavy atom. The molecule has 1 heterocycles. The van der Waals surface area contributed by atoms with Crippen LogP contribution >= 0.6 is 0 Å². The molecule has 0 aromatic heterocycles. The fourth-order valence-corrected chi connectivity index (χ4v) is 3.58. The third-order valence-electron chi connectivity index (χ3n) is 3.05. The molecule has 1 saturated heterocycles. The van der Waals surface area contributed by atoms with Gasteiger partial charge in [-0.15, -0.1) is 0 Å². The third-order valence-corrected chi connectivity index (χ3v) is 4.99. The van der Waals surface area contributed by atoms with E-state index >= 15 is 0 Å². The van der Waals surface area contributed by atoms with E-state index < -0.39 is 14.9 Å². The molecule has 0 saturated carbocycles. The maximum Gasteiger partial charge on any atom is 0.273 e. The number of nitro groups is 1. The first-order valence-electron chi connectivity index (χ1n) is 6.00. The van der Waals surface area contributed by atoms with Gasteiger partial charge in [-0.05, 0) is 6.07 Å². The molecule has 0 spiro atoms. The highest BCUT2D eigenvalue weighted by atomic mass is 32.2. The molecule has 1 aliphatic heterocycles. The normalized spacial score (nSPS) is 16.9. The minimum absolute atomic E-state index is 0.0160. The molecular formula is C11H15N3O5S. The van der Waals surface area contributed by atoms with E-state index in [4.69, 9.17) is 4.74 Å². The summed E-state index contributed by atoms with van der Waals surface area (Å²) in [6.07, 6.45) is 0. The molecule has 1 aromatic rings. The van der Waals surface area contributed by atoms with Crippen LogP contribution < -0.4 is 10.1 Å². The summed E-state index contributed by atoms with van der Waals surface area (Å²) >= 11 is 0. The zero-order valence-electron chi connectivity index (χ0n) is 10.9. The number of nitrogens with one attached hydrogen (secondary N) is 1. The molecule has 0 aliphatic carbocycles. The van der Waals surface area contributed by atoms with Crippen LogP contribution in [0.25, 0.3) is 0 Å².